The number of nitrogens with one attached hydrogen (secondary N) is 1. The fourth-order valence-corrected chi connectivity index (χ4v) is 3.90. The van der Waals surface area contributed by atoms with E-state index in [0.717, 1.165) is 5.56 Å². The first kappa shape index (κ1) is 17.5. The minimum Gasteiger partial charge on any atom is -0.454 e. The Bertz CT molecular complexity index is 1020. The van der Waals surface area contributed by atoms with Crippen molar-refractivity contribution in [2.75, 3.05) is 11.1 Å². The van der Waals surface area contributed by atoms with Crippen LogP contribution in [-0.2, 0) is 16.2 Å². The van der Waals surface area contributed by atoms with Crippen LogP contribution in [0.25, 0.3) is 0 Å². The second kappa shape index (κ2) is 5.31. The van der Waals surface area contributed by atoms with E-state index in [1.54, 1.807) is 18.2 Å². The van der Waals surface area contributed by atoms with E-state index in [1.165, 1.54) is 19.1 Å². The van der Waals surface area contributed by atoms with Crippen LogP contribution < -0.4 is 15.8 Å². The van der Waals surface area contributed by atoms with Crippen LogP contribution in [-0.4, -0.2) is 21.9 Å². The van der Waals surface area contributed by atoms with Crippen molar-refractivity contribution in [2.24, 2.45) is 0 Å². The molecule has 0 bridgehead atoms. The number of carbonyl (C=O) groups is 2. The zero-order valence-electron chi connectivity index (χ0n) is 15.2. The van der Waals surface area contributed by atoms with E-state index in [9.17, 15) is 19.8 Å². The number of nitrogen functional groups attached to an aromatic ring is 1. The van der Waals surface area contributed by atoms with E-state index < -0.39 is 23.1 Å². The molecule has 2 aromatic carbocycles. The molecule has 0 aromatic heterocycles. The normalized spacial score (nSPS) is 25.0. The van der Waals surface area contributed by atoms with Gasteiger partial charge in [0.1, 0.15) is 5.75 Å². The summed E-state index contributed by atoms with van der Waals surface area (Å²) in [5.41, 5.74) is 4.96. The maximum Gasteiger partial charge on any atom is 0.278 e. The molecule has 2 aliphatic rings. The third-order valence-electron chi connectivity index (χ3n) is 5.25. The highest BCUT2D eigenvalue weighted by Gasteiger charge is 2.71. The summed E-state index contributed by atoms with van der Waals surface area (Å²) in [5, 5.41) is 25.2. The maximum atomic E-state index is 13.2. The Labute approximate surface area is 155 Å². The largest absolute Gasteiger partial charge is 0.454 e. The third kappa shape index (κ3) is 2.03. The Morgan fingerprint density at radius 2 is 1.93 bits per heavy atom. The minimum atomic E-state index is -2.37. The molecule has 2 aromatic rings. The SMILES string of the molecule is CC(=O)Nc1ccc(N)c2c1C(=O)C1(O)c3ccc(C(C)C)cc3OC21O. The summed E-state index contributed by atoms with van der Waals surface area (Å²) in [4.78, 5) is 24.7. The molecule has 2 atom stereocenters. The molecule has 7 heteroatoms. The van der Waals surface area contributed by atoms with E-state index in [4.69, 9.17) is 10.5 Å². The van der Waals surface area contributed by atoms with Gasteiger partial charge in [-0.2, -0.15) is 0 Å². The number of aliphatic hydroxyl groups is 2. The van der Waals surface area contributed by atoms with Gasteiger partial charge >= 0.3 is 0 Å². The fraction of sp³-hybridized carbons (Fsp3) is 0.300. The van der Waals surface area contributed by atoms with Crippen LogP contribution in [0.5, 0.6) is 5.75 Å². The number of anilines is 2. The van der Waals surface area contributed by atoms with Crippen LogP contribution in [0, 0.1) is 0 Å². The average Bonchev–Trinajstić information content (AvgIpc) is 2.92. The van der Waals surface area contributed by atoms with Crippen LogP contribution in [0.3, 0.4) is 0 Å². The highest BCUT2D eigenvalue weighted by atomic mass is 16.7. The predicted octanol–water partition coefficient (Wildman–Crippen LogP) is 1.97. The Hall–Kier alpha value is -2.90. The zero-order chi connectivity index (χ0) is 19.7. The lowest BCUT2D eigenvalue weighted by molar-refractivity contribution is -0.224. The molecule has 2 unspecified atom stereocenters. The van der Waals surface area contributed by atoms with Crippen LogP contribution in [0.2, 0.25) is 0 Å². The Morgan fingerprint density at radius 3 is 2.56 bits per heavy atom. The van der Waals surface area contributed by atoms with Crippen molar-refractivity contribution in [3.05, 3.63) is 52.6 Å². The molecule has 0 radical (unpaired) electrons. The van der Waals surface area contributed by atoms with Gasteiger partial charge in [0.05, 0.1) is 16.8 Å². The lowest BCUT2D eigenvalue weighted by atomic mass is 9.86. The van der Waals surface area contributed by atoms with E-state index in [-0.39, 0.29) is 39.7 Å². The number of Topliss-reactive ketones (excluding diaryl/α,β-unsaturated/α-hetero) is 1. The first-order chi connectivity index (χ1) is 12.6. The Kier molecular flexibility index (Phi) is 3.44. The molecule has 1 amide bonds. The molecule has 5 N–H and O–H groups in total. The molecule has 4 rings (SSSR count). The van der Waals surface area contributed by atoms with Gasteiger partial charge in [-0.15, -0.1) is 0 Å². The van der Waals surface area contributed by atoms with Crippen molar-refractivity contribution in [3.8, 4) is 5.75 Å². The van der Waals surface area contributed by atoms with Crippen molar-refractivity contribution in [1.82, 2.24) is 0 Å². The summed E-state index contributed by atoms with van der Waals surface area (Å²) in [6.45, 7) is 5.30. The molecule has 0 spiro atoms. The monoisotopic (exact) mass is 368 g/mol. The molecule has 140 valence electrons. The van der Waals surface area contributed by atoms with Crippen LogP contribution in [0.4, 0.5) is 11.4 Å². The maximum absolute atomic E-state index is 13.2. The molecular formula is C20H20N2O5. The number of carbonyl (C=O) groups excluding carboxylic acids is 2. The van der Waals surface area contributed by atoms with Crippen molar-refractivity contribution in [1.29, 1.82) is 0 Å². The molecule has 0 saturated carbocycles. The van der Waals surface area contributed by atoms with Crippen molar-refractivity contribution >= 4 is 23.1 Å². The van der Waals surface area contributed by atoms with Gasteiger partial charge in [-0.05, 0) is 29.7 Å². The van der Waals surface area contributed by atoms with Gasteiger partial charge in [0.25, 0.3) is 5.79 Å². The summed E-state index contributed by atoms with van der Waals surface area (Å²) >= 11 is 0. The Balaban J connectivity index is 1.97. The van der Waals surface area contributed by atoms with Crippen LogP contribution >= 0.6 is 0 Å². The lowest BCUT2D eigenvalue weighted by Gasteiger charge is -2.29. The average molecular weight is 368 g/mol. The standard InChI is InChI=1S/C20H20N2O5/c1-9(2)11-4-5-12-15(8-11)27-20(26)17-13(21)6-7-14(22-10(3)23)16(17)18(24)19(12,20)25/h4-9,25-26H,21H2,1-3H3,(H,22,23). The van der Waals surface area contributed by atoms with Gasteiger partial charge in [-0.1, -0.05) is 26.0 Å². The first-order valence-electron chi connectivity index (χ1n) is 8.64. The summed E-state index contributed by atoms with van der Waals surface area (Å²) in [6, 6.07) is 7.98. The topological polar surface area (TPSA) is 122 Å². The number of hydrogen-bond acceptors (Lipinski definition) is 6. The van der Waals surface area contributed by atoms with Gasteiger partial charge < -0.3 is 26.0 Å². The van der Waals surface area contributed by atoms with Gasteiger partial charge in [0.2, 0.25) is 17.3 Å². The van der Waals surface area contributed by atoms with Crippen LogP contribution in [0.1, 0.15) is 53.7 Å². The first-order valence-corrected chi connectivity index (χ1v) is 8.64. The number of fused-ring (bicyclic) bond motifs is 5. The van der Waals surface area contributed by atoms with Crippen LogP contribution in [0.15, 0.2) is 30.3 Å². The number of amides is 1. The quantitative estimate of drug-likeness (QED) is 0.601. The second-order valence-electron chi connectivity index (χ2n) is 7.33. The predicted molar refractivity (Wildman–Crippen MR) is 98.4 cm³/mol. The lowest BCUT2D eigenvalue weighted by Crippen LogP contribution is -2.48. The van der Waals surface area contributed by atoms with Gasteiger partial charge in [-0.25, -0.2) is 0 Å². The van der Waals surface area contributed by atoms with Crippen molar-refractivity contribution in [3.63, 3.8) is 0 Å². The number of benzene rings is 2. The highest BCUT2D eigenvalue weighted by Crippen LogP contribution is 2.60. The van der Waals surface area contributed by atoms with E-state index in [1.807, 2.05) is 13.8 Å². The number of ether oxygens (including phenoxy) is 1. The number of ketones is 1. The molecule has 27 heavy (non-hydrogen) atoms. The van der Waals surface area contributed by atoms with Gasteiger partial charge in [0, 0.05) is 18.2 Å². The summed E-state index contributed by atoms with van der Waals surface area (Å²) in [7, 11) is 0. The number of hydrogen-bond donors (Lipinski definition) is 4. The molecular weight excluding hydrogens is 348 g/mol. The van der Waals surface area contributed by atoms with Crippen molar-refractivity contribution < 1.29 is 24.5 Å². The fourth-order valence-electron chi connectivity index (χ4n) is 3.90. The van der Waals surface area contributed by atoms with E-state index in [2.05, 4.69) is 5.32 Å². The molecule has 7 nitrogen and oxygen atoms in total. The van der Waals surface area contributed by atoms with Gasteiger partial charge in [-0.3, -0.25) is 9.59 Å². The second-order valence-corrected chi connectivity index (χ2v) is 7.33. The highest BCUT2D eigenvalue weighted by molar-refractivity contribution is 6.15. The summed E-state index contributed by atoms with van der Waals surface area (Å²) in [6.07, 6.45) is 0. The van der Waals surface area contributed by atoms with E-state index in [0.29, 0.717) is 0 Å². The summed E-state index contributed by atoms with van der Waals surface area (Å²) < 4.78 is 5.74. The summed E-state index contributed by atoms with van der Waals surface area (Å²) in [5.74, 6) is -3.10. The molecule has 0 saturated heterocycles. The molecule has 1 heterocycles. The third-order valence-corrected chi connectivity index (χ3v) is 5.25. The smallest absolute Gasteiger partial charge is 0.278 e. The number of nitrogens with two attached hydrogens (primary N) is 1. The van der Waals surface area contributed by atoms with Gasteiger partial charge in [0.15, 0.2) is 0 Å². The Morgan fingerprint density at radius 1 is 1.22 bits per heavy atom. The van der Waals surface area contributed by atoms with Crippen molar-refractivity contribution in [2.45, 2.75) is 38.1 Å². The zero-order valence-corrected chi connectivity index (χ0v) is 15.2. The molecule has 1 aliphatic carbocycles. The molecule has 0 fully saturated rings. The number of rotatable bonds is 2. The van der Waals surface area contributed by atoms with E-state index >= 15 is 0 Å². The molecule has 1 aliphatic heterocycles. The minimum absolute atomic E-state index is 0.0384.